The molecule has 3 nitrogen and oxygen atoms in total. The van der Waals surface area contributed by atoms with Gasteiger partial charge in [-0.05, 0) is 12.1 Å². The zero-order chi connectivity index (χ0) is 9.84. The van der Waals surface area contributed by atoms with Crippen LogP contribution >= 0.6 is 0 Å². The van der Waals surface area contributed by atoms with E-state index in [9.17, 15) is 4.79 Å². The first kappa shape index (κ1) is 9.32. The molecule has 0 aliphatic rings. The molecule has 0 spiro atoms. The van der Waals surface area contributed by atoms with Gasteiger partial charge in [0.2, 0.25) is 0 Å². The third kappa shape index (κ3) is 2.63. The molecule has 0 heterocycles. The molecule has 3 heteroatoms. The van der Waals surface area contributed by atoms with Crippen molar-refractivity contribution in [2.75, 3.05) is 0 Å². The molecule has 0 amide bonds. The minimum Gasteiger partial charge on any atom is -0.508 e. The molecule has 0 unspecified atom stereocenters. The van der Waals surface area contributed by atoms with E-state index < -0.39 is 0 Å². The van der Waals surface area contributed by atoms with Crippen molar-refractivity contribution in [2.24, 2.45) is 0 Å². The van der Waals surface area contributed by atoms with Gasteiger partial charge >= 0.3 is 5.97 Å². The highest BCUT2D eigenvalue weighted by Gasteiger charge is 2.00. The third-order valence-electron chi connectivity index (χ3n) is 1.43. The summed E-state index contributed by atoms with van der Waals surface area (Å²) < 4.78 is 4.81. The maximum atomic E-state index is 10.6. The van der Waals surface area contributed by atoms with Crippen LogP contribution in [0, 0.1) is 0 Å². The summed E-state index contributed by atoms with van der Waals surface area (Å²) in [6, 6.07) is 6.53. The standard InChI is InChI=1S/C10H10O3/c1-7(11)9-4-3-5-10(6-9)13-8(2)12/h3-6,11H,1H2,2H3. The molecule has 68 valence electrons. The normalized spacial score (nSPS) is 9.31. The lowest BCUT2D eigenvalue weighted by atomic mass is 10.2. The first-order chi connectivity index (χ1) is 6.09. The predicted octanol–water partition coefficient (Wildman–Crippen LogP) is 2.14. The van der Waals surface area contributed by atoms with Gasteiger partial charge in [-0.3, -0.25) is 4.79 Å². The number of aliphatic hydroxyl groups excluding tert-OH is 1. The summed E-state index contributed by atoms with van der Waals surface area (Å²) >= 11 is 0. The fourth-order valence-electron chi connectivity index (χ4n) is 0.905. The van der Waals surface area contributed by atoms with Crippen LogP contribution in [0.5, 0.6) is 5.75 Å². The number of rotatable bonds is 2. The van der Waals surface area contributed by atoms with Gasteiger partial charge in [0, 0.05) is 12.5 Å². The van der Waals surface area contributed by atoms with Crippen LogP contribution in [-0.2, 0) is 4.79 Å². The lowest BCUT2D eigenvalue weighted by Gasteiger charge is -2.02. The average molecular weight is 178 g/mol. The first-order valence-electron chi connectivity index (χ1n) is 3.76. The van der Waals surface area contributed by atoms with Gasteiger partial charge in [-0.15, -0.1) is 0 Å². The quantitative estimate of drug-likeness (QED) is 0.428. The molecule has 0 aliphatic heterocycles. The zero-order valence-electron chi connectivity index (χ0n) is 7.28. The Bertz CT molecular complexity index is 342. The summed E-state index contributed by atoms with van der Waals surface area (Å²) in [5.41, 5.74) is 0.541. The van der Waals surface area contributed by atoms with Crippen LogP contribution in [0.4, 0.5) is 0 Å². The van der Waals surface area contributed by atoms with Crippen molar-refractivity contribution in [3.05, 3.63) is 36.4 Å². The van der Waals surface area contributed by atoms with E-state index in [0.717, 1.165) is 0 Å². The monoisotopic (exact) mass is 178 g/mol. The molecule has 1 N–H and O–H groups in total. The number of benzene rings is 1. The molecule has 1 rings (SSSR count). The Morgan fingerprint density at radius 1 is 1.54 bits per heavy atom. The van der Waals surface area contributed by atoms with Crippen molar-refractivity contribution in [1.29, 1.82) is 0 Å². The zero-order valence-corrected chi connectivity index (χ0v) is 7.28. The molecule has 0 bridgehead atoms. The maximum absolute atomic E-state index is 10.6. The SMILES string of the molecule is C=C(O)c1cccc(OC(C)=O)c1. The average Bonchev–Trinajstić information content (AvgIpc) is 2.03. The predicted molar refractivity (Wildman–Crippen MR) is 49.4 cm³/mol. The number of hydrogen-bond acceptors (Lipinski definition) is 3. The van der Waals surface area contributed by atoms with Crippen molar-refractivity contribution < 1.29 is 14.6 Å². The molecule has 0 saturated heterocycles. The molecular formula is C10H10O3. The van der Waals surface area contributed by atoms with Crippen LogP contribution in [0.25, 0.3) is 5.76 Å². The van der Waals surface area contributed by atoms with Crippen molar-refractivity contribution in [3.63, 3.8) is 0 Å². The molecule has 0 saturated carbocycles. The summed E-state index contributed by atoms with van der Waals surface area (Å²) in [4.78, 5) is 10.6. The minimum atomic E-state index is -0.388. The third-order valence-corrected chi connectivity index (χ3v) is 1.43. The molecule has 0 radical (unpaired) electrons. The Labute approximate surface area is 76.3 Å². The van der Waals surface area contributed by atoms with Gasteiger partial charge in [-0.1, -0.05) is 18.7 Å². The van der Waals surface area contributed by atoms with Crippen molar-refractivity contribution >= 4 is 11.7 Å². The van der Waals surface area contributed by atoms with Crippen LogP contribution in [-0.4, -0.2) is 11.1 Å². The Balaban J connectivity index is 2.91. The highest BCUT2D eigenvalue weighted by molar-refractivity contribution is 5.70. The van der Waals surface area contributed by atoms with Gasteiger partial charge in [0.1, 0.15) is 11.5 Å². The molecule has 0 aromatic heterocycles. The van der Waals surface area contributed by atoms with E-state index in [-0.39, 0.29) is 11.7 Å². The Kier molecular flexibility index (Phi) is 2.69. The molecule has 1 aromatic rings. The van der Waals surface area contributed by atoms with E-state index in [1.807, 2.05) is 0 Å². The number of ether oxygens (including phenoxy) is 1. The molecule has 1 aromatic carbocycles. The fourth-order valence-corrected chi connectivity index (χ4v) is 0.905. The lowest BCUT2D eigenvalue weighted by molar-refractivity contribution is -0.131. The number of esters is 1. The summed E-state index contributed by atoms with van der Waals surface area (Å²) in [7, 11) is 0. The lowest BCUT2D eigenvalue weighted by Crippen LogP contribution is -2.01. The topological polar surface area (TPSA) is 46.5 Å². The van der Waals surface area contributed by atoms with Gasteiger partial charge in [0.15, 0.2) is 0 Å². The largest absolute Gasteiger partial charge is 0.508 e. The summed E-state index contributed by atoms with van der Waals surface area (Å²) in [6.45, 7) is 4.68. The van der Waals surface area contributed by atoms with E-state index >= 15 is 0 Å². The molecule has 0 atom stereocenters. The fraction of sp³-hybridized carbons (Fsp3) is 0.100. The smallest absolute Gasteiger partial charge is 0.308 e. The van der Waals surface area contributed by atoms with Gasteiger partial charge in [0.05, 0.1) is 0 Å². The maximum Gasteiger partial charge on any atom is 0.308 e. The highest BCUT2D eigenvalue weighted by atomic mass is 16.5. The number of carbonyl (C=O) groups excluding carboxylic acids is 1. The number of aliphatic hydroxyl groups is 1. The van der Waals surface area contributed by atoms with Gasteiger partial charge in [0.25, 0.3) is 0 Å². The summed E-state index contributed by atoms with van der Waals surface area (Å²) in [5.74, 6) is -0.0325. The van der Waals surface area contributed by atoms with Crippen LogP contribution in [0.15, 0.2) is 30.8 Å². The second kappa shape index (κ2) is 3.76. The van der Waals surface area contributed by atoms with E-state index in [0.29, 0.717) is 11.3 Å². The molecule has 0 aliphatic carbocycles. The Morgan fingerprint density at radius 2 is 2.23 bits per heavy atom. The van der Waals surface area contributed by atoms with E-state index in [2.05, 4.69) is 6.58 Å². The Morgan fingerprint density at radius 3 is 2.77 bits per heavy atom. The van der Waals surface area contributed by atoms with Crippen LogP contribution in [0.2, 0.25) is 0 Å². The molecular weight excluding hydrogens is 168 g/mol. The van der Waals surface area contributed by atoms with Gasteiger partial charge in [-0.2, -0.15) is 0 Å². The molecule has 13 heavy (non-hydrogen) atoms. The van der Waals surface area contributed by atoms with Crippen LogP contribution in [0.1, 0.15) is 12.5 Å². The van der Waals surface area contributed by atoms with Gasteiger partial charge in [-0.25, -0.2) is 0 Å². The minimum absolute atomic E-state index is 0.0472. The Hall–Kier alpha value is -1.77. The second-order valence-electron chi connectivity index (χ2n) is 2.57. The molecule has 0 fully saturated rings. The van der Waals surface area contributed by atoms with Crippen molar-refractivity contribution in [2.45, 2.75) is 6.92 Å². The van der Waals surface area contributed by atoms with E-state index in [4.69, 9.17) is 9.84 Å². The van der Waals surface area contributed by atoms with E-state index in [1.54, 1.807) is 24.3 Å². The highest BCUT2D eigenvalue weighted by Crippen LogP contribution is 2.17. The first-order valence-corrected chi connectivity index (χ1v) is 3.76. The van der Waals surface area contributed by atoms with Gasteiger partial charge < -0.3 is 9.84 Å². The summed E-state index contributed by atoms with van der Waals surface area (Å²) in [5, 5.41) is 9.05. The van der Waals surface area contributed by atoms with Crippen LogP contribution < -0.4 is 4.74 Å². The summed E-state index contributed by atoms with van der Waals surface area (Å²) in [6.07, 6.45) is 0. The van der Waals surface area contributed by atoms with Crippen LogP contribution in [0.3, 0.4) is 0 Å². The number of carbonyl (C=O) groups is 1. The number of hydrogen-bond donors (Lipinski definition) is 1. The van der Waals surface area contributed by atoms with Crippen molar-refractivity contribution in [3.8, 4) is 5.75 Å². The van der Waals surface area contributed by atoms with Crippen molar-refractivity contribution in [1.82, 2.24) is 0 Å². The second-order valence-corrected chi connectivity index (χ2v) is 2.57. The van der Waals surface area contributed by atoms with E-state index in [1.165, 1.54) is 6.92 Å².